The molecule has 0 saturated heterocycles. The van der Waals surface area contributed by atoms with Gasteiger partial charge in [-0.2, -0.15) is 0 Å². The van der Waals surface area contributed by atoms with E-state index < -0.39 is 10.0 Å². The molecule has 2 aromatic carbocycles. The van der Waals surface area contributed by atoms with Crippen LogP contribution in [-0.2, 0) is 21.4 Å². The van der Waals surface area contributed by atoms with Gasteiger partial charge < -0.3 is 19.5 Å². The van der Waals surface area contributed by atoms with Crippen LogP contribution in [0, 0.1) is 6.92 Å². The number of ether oxygens (including phenoxy) is 3. The van der Waals surface area contributed by atoms with E-state index in [2.05, 4.69) is 5.32 Å². The smallest absolute Gasteiger partial charge is 0.232 e. The molecule has 0 fully saturated rings. The Bertz CT molecular complexity index is 1030. The molecule has 0 aromatic heterocycles. The minimum Gasteiger partial charge on any atom is -0.493 e. The van der Waals surface area contributed by atoms with Crippen molar-refractivity contribution in [3.8, 4) is 17.2 Å². The van der Waals surface area contributed by atoms with Crippen molar-refractivity contribution in [2.45, 2.75) is 26.3 Å². The van der Waals surface area contributed by atoms with Gasteiger partial charge in [-0.05, 0) is 48.7 Å². The lowest BCUT2D eigenvalue weighted by atomic mass is 10.1. The Balaban J connectivity index is 2.00. The maximum Gasteiger partial charge on any atom is 0.232 e. The number of nitrogens with zero attached hydrogens (tertiary/aromatic N) is 1. The van der Waals surface area contributed by atoms with E-state index >= 15 is 0 Å². The normalized spacial score (nSPS) is 11.1. The maximum atomic E-state index is 12.3. The zero-order chi connectivity index (χ0) is 23.9. The number of sulfonamides is 1. The van der Waals surface area contributed by atoms with Crippen LogP contribution >= 0.6 is 11.6 Å². The molecule has 0 aliphatic rings. The lowest BCUT2D eigenvalue weighted by Gasteiger charge is -2.24. The summed E-state index contributed by atoms with van der Waals surface area (Å²) in [4.78, 5) is 12.3. The lowest BCUT2D eigenvalue weighted by Crippen LogP contribution is -2.32. The molecular weight excluding hydrogens is 456 g/mol. The van der Waals surface area contributed by atoms with Crippen LogP contribution in [0.1, 0.15) is 24.0 Å². The third-order valence-corrected chi connectivity index (χ3v) is 6.48. The van der Waals surface area contributed by atoms with Crippen LogP contribution in [0.15, 0.2) is 30.3 Å². The molecule has 0 atom stereocenters. The summed E-state index contributed by atoms with van der Waals surface area (Å²) >= 11 is 6.14. The fourth-order valence-electron chi connectivity index (χ4n) is 3.24. The highest BCUT2D eigenvalue weighted by Gasteiger charge is 2.20. The molecule has 10 heteroatoms. The Morgan fingerprint density at radius 2 is 1.72 bits per heavy atom. The number of hydrogen-bond acceptors (Lipinski definition) is 6. The molecule has 0 bridgehead atoms. The van der Waals surface area contributed by atoms with Crippen molar-refractivity contribution in [2.24, 2.45) is 0 Å². The first-order valence-corrected chi connectivity index (χ1v) is 12.1. The first kappa shape index (κ1) is 25.6. The van der Waals surface area contributed by atoms with E-state index in [1.54, 1.807) is 37.3 Å². The number of rotatable bonds is 11. The van der Waals surface area contributed by atoms with Gasteiger partial charge in [-0.25, -0.2) is 8.42 Å². The summed E-state index contributed by atoms with van der Waals surface area (Å²) in [6.07, 6.45) is 1.65. The summed E-state index contributed by atoms with van der Waals surface area (Å²) in [7, 11) is 1.04. The summed E-state index contributed by atoms with van der Waals surface area (Å²) in [5.74, 6) is 1.27. The van der Waals surface area contributed by atoms with Crippen LogP contribution in [0.3, 0.4) is 0 Å². The van der Waals surface area contributed by atoms with E-state index in [4.69, 9.17) is 25.8 Å². The third-order valence-electron chi connectivity index (χ3n) is 4.89. The highest BCUT2D eigenvalue weighted by Crippen LogP contribution is 2.38. The second kappa shape index (κ2) is 11.3. The molecule has 0 aliphatic carbocycles. The van der Waals surface area contributed by atoms with Gasteiger partial charge >= 0.3 is 0 Å². The SMILES string of the molecule is COc1cc(CNC(=O)CCCN(c2cccc(Cl)c2C)S(C)(=O)=O)cc(OC)c1OC. The van der Waals surface area contributed by atoms with Gasteiger partial charge in [-0.15, -0.1) is 0 Å². The molecular formula is C22H29ClN2O6S. The van der Waals surface area contributed by atoms with E-state index in [1.807, 2.05) is 0 Å². The van der Waals surface area contributed by atoms with Crippen molar-refractivity contribution in [3.05, 3.63) is 46.5 Å². The van der Waals surface area contributed by atoms with E-state index in [-0.39, 0.29) is 25.4 Å². The van der Waals surface area contributed by atoms with Crippen molar-refractivity contribution >= 4 is 33.2 Å². The summed E-state index contributed by atoms with van der Waals surface area (Å²) in [6, 6.07) is 8.63. The van der Waals surface area contributed by atoms with Gasteiger partial charge in [0, 0.05) is 24.5 Å². The second-order valence-electron chi connectivity index (χ2n) is 7.13. The molecule has 32 heavy (non-hydrogen) atoms. The Morgan fingerprint density at radius 3 is 2.25 bits per heavy atom. The number of carbonyl (C=O) groups excluding carboxylic acids is 1. The molecule has 1 amide bonds. The lowest BCUT2D eigenvalue weighted by molar-refractivity contribution is -0.121. The maximum absolute atomic E-state index is 12.3. The number of methoxy groups -OCH3 is 3. The Labute approximate surface area is 194 Å². The number of carbonyl (C=O) groups is 1. The molecule has 2 rings (SSSR count). The molecule has 8 nitrogen and oxygen atoms in total. The zero-order valence-corrected chi connectivity index (χ0v) is 20.5. The molecule has 176 valence electrons. The van der Waals surface area contributed by atoms with Gasteiger partial charge in [-0.1, -0.05) is 17.7 Å². The van der Waals surface area contributed by atoms with Crippen molar-refractivity contribution in [3.63, 3.8) is 0 Å². The van der Waals surface area contributed by atoms with Crippen LogP contribution in [-0.4, -0.2) is 48.5 Å². The average molecular weight is 485 g/mol. The van der Waals surface area contributed by atoms with Gasteiger partial charge in [-0.3, -0.25) is 9.10 Å². The van der Waals surface area contributed by atoms with Gasteiger partial charge in [0.05, 0.1) is 33.3 Å². The number of amides is 1. The minimum absolute atomic E-state index is 0.163. The number of nitrogens with one attached hydrogen (secondary N) is 1. The van der Waals surface area contributed by atoms with Crippen LogP contribution in [0.2, 0.25) is 5.02 Å². The highest BCUT2D eigenvalue weighted by atomic mass is 35.5. The van der Waals surface area contributed by atoms with Crippen molar-refractivity contribution in [1.29, 1.82) is 0 Å². The standard InChI is InChI=1S/C22H29ClN2O6S/c1-15-17(23)8-6-9-18(15)25(32(5,27)28)11-7-10-21(26)24-14-16-12-19(29-2)22(31-4)20(13-16)30-3/h6,8-9,12-13H,7,10-11,14H2,1-5H3,(H,24,26). The largest absolute Gasteiger partial charge is 0.493 e. The zero-order valence-electron chi connectivity index (χ0n) is 18.9. The van der Waals surface area contributed by atoms with Crippen molar-refractivity contribution < 1.29 is 27.4 Å². The molecule has 0 radical (unpaired) electrons. The number of benzene rings is 2. The summed E-state index contributed by atoms with van der Waals surface area (Å²) in [5.41, 5.74) is 1.96. The second-order valence-corrected chi connectivity index (χ2v) is 9.45. The summed E-state index contributed by atoms with van der Waals surface area (Å²) in [5, 5.41) is 3.32. The highest BCUT2D eigenvalue weighted by molar-refractivity contribution is 7.92. The molecule has 0 saturated carbocycles. The van der Waals surface area contributed by atoms with E-state index in [0.717, 1.165) is 11.8 Å². The molecule has 2 aromatic rings. The number of hydrogen-bond donors (Lipinski definition) is 1. The van der Waals surface area contributed by atoms with Crippen LogP contribution in [0.4, 0.5) is 5.69 Å². The van der Waals surface area contributed by atoms with Gasteiger partial charge in [0.2, 0.25) is 21.7 Å². The van der Waals surface area contributed by atoms with Crippen molar-refractivity contribution in [1.82, 2.24) is 5.32 Å². The molecule has 0 spiro atoms. The fraction of sp³-hybridized carbons (Fsp3) is 0.409. The topological polar surface area (TPSA) is 94.2 Å². The molecule has 1 N–H and O–H groups in total. The molecule has 0 aliphatic heterocycles. The first-order chi connectivity index (χ1) is 15.1. The fourth-order valence-corrected chi connectivity index (χ4v) is 4.43. The minimum atomic E-state index is -3.53. The predicted octanol–water partition coefficient (Wildman–Crippen LogP) is 3.54. The average Bonchev–Trinajstić information content (AvgIpc) is 2.75. The Kier molecular flexibility index (Phi) is 9.03. The van der Waals surface area contributed by atoms with Gasteiger partial charge in [0.15, 0.2) is 11.5 Å². The van der Waals surface area contributed by atoms with Gasteiger partial charge in [0.25, 0.3) is 0 Å². The van der Waals surface area contributed by atoms with E-state index in [0.29, 0.717) is 39.9 Å². The van der Waals surface area contributed by atoms with Crippen molar-refractivity contribution in [2.75, 3.05) is 38.4 Å². The van der Waals surface area contributed by atoms with Gasteiger partial charge in [0.1, 0.15) is 0 Å². The quantitative estimate of drug-likeness (QED) is 0.524. The Morgan fingerprint density at radius 1 is 1.09 bits per heavy atom. The summed E-state index contributed by atoms with van der Waals surface area (Å²) < 4.78 is 41.8. The molecule has 0 heterocycles. The monoisotopic (exact) mass is 484 g/mol. The van der Waals surface area contributed by atoms with Crippen LogP contribution in [0.25, 0.3) is 0 Å². The third kappa shape index (κ3) is 6.43. The van der Waals surface area contributed by atoms with Crippen LogP contribution in [0.5, 0.6) is 17.2 Å². The number of halogens is 1. The summed E-state index contributed by atoms with van der Waals surface area (Å²) in [6.45, 7) is 2.19. The van der Waals surface area contributed by atoms with Crippen LogP contribution < -0.4 is 23.8 Å². The predicted molar refractivity (Wildman–Crippen MR) is 126 cm³/mol. The van der Waals surface area contributed by atoms with E-state index in [9.17, 15) is 13.2 Å². The first-order valence-electron chi connectivity index (χ1n) is 9.90. The Hall–Kier alpha value is -2.65. The molecule has 0 unspecified atom stereocenters. The number of anilines is 1. The van der Waals surface area contributed by atoms with E-state index in [1.165, 1.54) is 25.6 Å².